The number of likely N-dealkylation sites (tertiary alicyclic amines) is 1. The smallest absolute Gasteiger partial charge is 0.260 e. The van der Waals surface area contributed by atoms with Crippen LogP contribution in [0.2, 0.25) is 0 Å². The van der Waals surface area contributed by atoms with E-state index in [0.29, 0.717) is 18.8 Å². The zero-order valence-electron chi connectivity index (χ0n) is 13.0. The van der Waals surface area contributed by atoms with E-state index in [1.807, 2.05) is 4.90 Å². The molecule has 118 valence electrons. The van der Waals surface area contributed by atoms with Crippen LogP contribution in [0.15, 0.2) is 0 Å². The minimum Gasteiger partial charge on any atom is -0.393 e. The maximum Gasteiger partial charge on any atom is 0.260 e. The van der Waals surface area contributed by atoms with Gasteiger partial charge >= 0.3 is 0 Å². The van der Waals surface area contributed by atoms with Gasteiger partial charge in [0.25, 0.3) is 5.92 Å². The van der Waals surface area contributed by atoms with Gasteiger partial charge in [0.15, 0.2) is 0 Å². The molecular formula is C16H29F2NO. The average molecular weight is 289 g/mol. The molecule has 1 saturated carbocycles. The molecule has 1 aliphatic heterocycles. The first-order valence-electron chi connectivity index (χ1n) is 8.05. The van der Waals surface area contributed by atoms with Crippen LogP contribution in [0.25, 0.3) is 0 Å². The Morgan fingerprint density at radius 3 is 2.60 bits per heavy atom. The summed E-state index contributed by atoms with van der Waals surface area (Å²) >= 11 is 0. The second-order valence-corrected chi connectivity index (χ2v) is 7.41. The lowest BCUT2D eigenvalue weighted by Gasteiger charge is -2.50. The van der Waals surface area contributed by atoms with Gasteiger partial charge in [-0.05, 0) is 43.6 Å². The lowest BCUT2D eigenvalue weighted by atomic mass is 9.66. The standard InChI is InChI=1S/C16H29F2NO/c1-4-15(2,3)13-7-6-12(20)10-14(13)19-9-5-8-16(17,18)11-19/h12-14,20H,4-11H2,1-3H3. The largest absolute Gasteiger partial charge is 0.393 e. The Morgan fingerprint density at radius 1 is 1.30 bits per heavy atom. The molecule has 0 aromatic heterocycles. The summed E-state index contributed by atoms with van der Waals surface area (Å²) in [5.74, 6) is -2.15. The predicted molar refractivity (Wildman–Crippen MR) is 77.0 cm³/mol. The SMILES string of the molecule is CCC(C)(C)C1CCC(O)CC1N1CCCC(F)(F)C1. The van der Waals surface area contributed by atoms with Crippen LogP contribution in [0.1, 0.15) is 59.3 Å². The van der Waals surface area contributed by atoms with Crippen molar-refractivity contribution in [3.05, 3.63) is 0 Å². The summed E-state index contributed by atoms with van der Waals surface area (Å²) in [4.78, 5) is 1.97. The van der Waals surface area contributed by atoms with E-state index in [1.165, 1.54) is 0 Å². The van der Waals surface area contributed by atoms with Gasteiger partial charge in [0, 0.05) is 12.5 Å². The third-order valence-corrected chi connectivity index (χ3v) is 5.60. The molecule has 0 aromatic carbocycles. The molecule has 0 radical (unpaired) electrons. The lowest BCUT2D eigenvalue weighted by molar-refractivity contribution is -0.104. The van der Waals surface area contributed by atoms with Crippen molar-refractivity contribution >= 4 is 0 Å². The number of aliphatic hydroxyl groups is 1. The van der Waals surface area contributed by atoms with Crippen LogP contribution in [-0.4, -0.2) is 41.2 Å². The molecule has 1 saturated heterocycles. The fourth-order valence-electron chi connectivity index (χ4n) is 3.98. The molecule has 2 fully saturated rings. The van der Waals surface area contributed by atoms with Gasteiger partial charge in [0.05, 0.1) is 12.6 Å². The zero-order chi connectivity index (χ0) is 15.0. The van der Waals surface area contributed by atoms with E-state index >= 15 is 0 Å². The first-order valence-corrected chi connectivity index (χ1v) is 8.05. The number of hydrogen-bond donors (Lipinski definition) is 1. The molecule has 1 N–H and O–H groups in total. The minimum absolute atomic E-state index is 0.0145. The van der Waals surface area contributed by atoms with Gasteiger partial charge in [-0.2, -0.15) is 0 Å². The van der Waals surface area contributed by atoms with Gasteiger partial charge in [-0.3, -0.25) is 4.90 Å². The van der Waals surface area contributed by atoms with Crippen molar-refractivity contribution in [3.8, 4) is 0 Å². The highest BCUT2D eigenvalue weighted by atomic mass is 19.3. The van der Waals surface area contributed by atoms with Gasteiger partial charge in [0.1, 0.15) is 0 Å². The van der Waals surface area contributed by atoms with Crippen molar-refractivity contribution in [2.45, 2.75) is 77.4 Å². The number of halogens is 2. The van der Waals surface area contributed by atoms with Crippen LogP contribution in [0.3, 0.4) is 0 Å². The van der Waals surface area contributed by atoms with Crippen LogP contribution < -0.4 is 0 Å². The van der Waals surface area contributed by atoms with E-state index in [0.717, 1.165) is 25.8 Å². The van der Waals surface area contributed by atoms with Crippen molar-refractivity contribution in [2.75, 3.05) is 13.1 Å². The first-order chi connectivity index (χ1) is 9.25. The van der Waals surface area contributed by atoms with Crippen molar-refractivity contribution in [1.29, 1.82) is 0 Å². The van der Waals surface area contributed by atoms with Crippen LogP contribution in [-0.2, 0) is 0 Å². The summed E-state index contributed by atoms with van der Waals surface area (Å²) in [5, 5.41) is 9.98. The lowest BCUT2D eigenvalue weighted by Crippen LogP contribution is -2.55. The van der Waals surface area contributed by atoms with E-state index < -0.39 is 5.92 Å². The highest BCUT2D eigenvalue weighted by Gasteiger charge is 2.45. The quantitative estimate of drug-likeness (QED) is 0.856. The molecule has 2 rings (SSSR count). The Labute approximate surface area is 121 Å². The number of rotatable bonds is 3. The predicted octanol–water partition coefficient (Wildman–Crippen LogP) is 3.68. The normalized spacial score (nSPS) is 36.0. The van der Waals surface area contributed by atoms with E-state index in [9.17, 15) is 13.9 Å². The monoisotopic (exact) mass is 289 g/mol. The Bertz CT molecular complexity index is 332. The Hall–Kier alpha value is -0.220. The average Bonchev–Trinajstić information content (AvgIpc) is 2.37. The second-order valence-electron chi connectivity index (χ2n) is 7.41. The van der Waals surface area contributed by atoms with Crippen molar-refractivity contribution in [2.24, 2.45) is 11.3 Å². The molecule has 0 aromatic rings. The van der Waals surface area contributed by atoms with Gasteiger partial charge in [-0.15, -0.1) is 0 Å². The van der Waals surface area contributed by atoms with E-state index in [4.69, 9.17) is 0 Å². The molecule has 4 heteroatoms. The molecule has 1 heterocycles. The van der Waals surface area contributed by atoms with Crippen molar-refractivity contribution in [1.82, 2.24) is 4.90 Å². The maximum absolute atomic E-state index is 13.7. The fraction of sp³-hybridized carbons (Fsp3) is 1.00. The van der Waals surface area contributed by atoms with Crippen LogP contribution >= 0.6 is 0 Å². The molecule has 3 unspecified atom stereocenters. The van der Waals surface area contributed by atoms with Crippen LogP contribution in [0.5, 0.6) is 0 Å². The number of piperidine rings is 1. The Morgan fingerprint density at radius 2 is 2.00 bits per heavy atom. The van der Waals surface area contributed by atoms with Gasteiger partial charge < -0.3 is 5.11 Å². The highest BCUT2D eigenvalue weighted by molar-refractivity contribution is 4.95. The number of hydrogen-bond acceptors (Lipinski definition) is 2. The third kappa shape index (κ3) is 3.51. The molecule has 2 aliphatic rings. The molecule has 20 heavy (non-hydrogen) atoms. The second kappa shape index (κ2) is 5.88. The topological polar surface area (TPSA) is 23.5 Å². The zero-order valence-corrected chi connectivity index (χ0v) is 13.0. The van der Waals surface area contributed by atoms with Gasteiger partial charge in [-0.1, -0.05) is 27.2 Å². The highest BCUT2D eigenvalue weighted by Crippen LogP contribution is 2.44. The summed E-state index contributed by atoms with van der Waals surface area (Å²) in [6, 6.07) is 0.111. The molecule has 0 bridgehead atoms. The molecule has 3 atom stereocenters. The Kier molecular flexibility index (Phi) is 4.75. The number of aliphatic hydroxyl groups excluding tert-OH is 1. The summed E-state index contributed by atoms with van der Waals surface area (Å²) in [6.07, 6.45) is 3.74. The summed E-state index contributed by atoms with van der Waals surface area (Å²) in [7, 11) is 0. The summed E-state index contributed by atoms with van der Waals surface area (Å²) in [5.41, 5.74) is 0.150. The van der Waals surface area contributed by atoms with E-state index in [2.05, 4.69) is 20.8 Å². The minimum atomic E-state index is -2.55. The number of alkyl halides is 2. The van der Waals surface area contributed by atoms with E-state index in [1.54, 1.807) is 0 Å². The Balaban J connectivity index is 2.15. The number of nitrogens with zero attached hydrogens (tertiary/aromatic N) is 1. The third-order valence-electron chi connectivity index (χ3n) is 5.60. The van der Waals surface area contributed by atoms with Gasteiger partial charge in [-0.25, -0.2) is 8.78 Å². The molecule has 1 aliphatic carbocycles. The summed E-state index contributed by atoms with van der Waals surface area (Å²) < 4.78 is 27.4. The van der Waals surface area contributed by atoms with Crippen molar-refractivity contribution in [3.63, 3.8) is 0 Å². The molecular weight excluding hydrogens is 260 g/mol. The van der Waals surface area contributed by atoms with Crippen LogP contribution in [0.4, 0.5) is 8.78 Å². The molecule has 0 spiro atoms. The molecule has 2 nitrogen and oxygen atoms in total. The van der Waals surface area contributed by atoms with E-state index in [-0.39, 0.29) is 30.5 Å². The first kappa shape index (κ1) is 16.2. The summed E-state index contributed by atoms with van der Waals surface area (Å²) in [6.45, 7) is 7.28. The van der Waals surface area contributed by atoms with Crippen LogP contribution in [0, 0.1) is 11.3 Å². The fourth-order valence-corrected chi connectivity index (χ4v) is 3.98. The van der Waals surface area contributed by atoms with Gasteiger partial charge in [0.2, 0.25) is 0 Å². The maximum atomic E-state index is 13.7. The molecule has 0 amide bonds. The van der Waals surface area contributed by atoms with Crippen molar-refractivity contribution < 1.29 is 13.9 Å².